The molecule has 1 saturated heterocycles. The third kappa shape index (κ3) is 1.85. The average Bonchev–Trinajstić information content (AvgIpc) is 2.04. The maximum atomic E-state index is 7.12. The summed E-state index contributed by atoms with van der Waals surface area (Å²) in [5.74, 6) is 0. The first-order valence-electron chi connectivity index (χ1n) is 4.34. The smallest absolute Gasteiger partial charge is 0.0859 e. The van der Waals surface area contributed by atoms with Crippen LogP contribution in [0, 0.1) is 5.41 Å². The molecule has 0 saturated carbocycles. The molecular weight excluding hydrogens is 150 g/mol. The molecule has 1 rings (SSSR count). The van der Waals surface area contributed by atoms with Crippen LogP contribution in [0.25, 0.3) is 0 Å². The minimum Gasteiger partial charge on any atom is -0.335 e. The van der Waals surface area contributed by atoms with Crippen molar-refractivity contribution in [3.05, 3.63) is 12.3 Å². The largest absolute Gasteiger partial charge is 0.335 e. The molecule has 0 unspecified atom stereocenters. The zero-order chi connectivity index (χ0) is 9.14. The molecule has 0 amide bonds. The second kappa shape index (κ2) is 3.72. The van der Waals surface area contributed by atoms with Gasteiger partial charge in [-0.2, -0.15) is 0 Å². The lowest BCUT2D eigenvalue weighted by Crippen LogP contribution is -2.46. The van der Waals surface area contributed by atoms with Crippen LogP contribution in [0.2, 0.25) is 0 Å². The summed E-state index contributed by atoms with van der Waals surface area (Å²) < 4.78 is 0. The van der Waals surface area contributed by atoms with E-state index in [0.29, 0.717) is 6.04 Å². The first-order chi connectivity index (χ1) is 5.65. The minimum atomic E-state index is 0.578. The van der Waals surface area contributed by atoms with E-state index in [0.717, 1.165) is 25.3 Å². The Balaban J connectivity index is 2.51. The van der Waals surface area contributed by atoms with Gasteiger partial charge in [0.1, 0.15) is 0 Å². The summed E-state index contributed by atoms with van der Waals surface area (Å²) in [6.45, 7) is 11.1. The summed E-state index contributed by atoms with van der Waals surface area (Å²) in [5, 5.41) is 7.12. The number of nitrogens with zero attached hydrogens (tertiary/aromatic N) is 2. The van der Waals surface area contributed by atoms with Gasteiger partial charge in [-0.25, -0.2) is 0 Å². The molecule has 1 heterocycles. The summed E-state index contributed by atoms with van der Waals surface area (Å²) in [5.41, 5.74) is 1.03. The molecule has 0 aromatic heterocycles. The topological polar surface area (TPSA) is 30.3 Å². The molecule has 0 bridgehead atoms. The second-order valence-electron chi connectivity index (χ2n) is 3.45. The summed E-state index contributed by atoms with van der Waals surface area (Å²) in [7, 11) is 0. The van der Waals surface area contributed by atoms with Gasteiger partial charge in [0.25, 0.3) is 0 Å². The molecule has 68 valence electrons. The predicted molar refractivity (Wildman–Crippen MR) is 51.3 cm³/mol. The molecule has 0 aromatic rings. The monoisotopic (exact) mass is 167 g/mol. The maximum Gasteiger partial charge on any atom is 0.0859 e. The van der Waals surface area contributed by atoms with Crippen molar-refractivity contribution >= 4 is 6.34 Å². The van der Waals surface area contributed by atoms with Gasteiger partial charge in [0.15, 0.2) is 0 Å². The Morgan fingerprint density at radius 3 is 2.58 bits per heavy atom. The third-order valence-corrected chi connectivity index (χ3v) is 2.31. The van der Waals surface area contributed by atoms with Crippen molar-refractivity contribution in [2.75, 3.05) is 19.6 Å². The van der Waals surface area contributed by atoms with Crippen LogP contribution < -0.4 is 0 Å². The summed E-state index contributed by atoms with van der Waals surface area (Å²) in [6, 6.07) is 0.578. The quantitative estimate of drug-likeness (QED) is 0.493. The highest BCUT2D eigenvalue weighted by atomic mass is 15.3. The van der Waals surface area contributed by atoms with Crippen molar-refractivity contribution in [3.63, 3.8) is 0 Å². The van der Waals surface area contributed by atoms with E-state index in [1.807, 2.05) is 4.90 Å². The van der Waals surface area contributed by atoms with Gasteiger partial charge in [0, 0.05) is 31.4 Å². The van der Waals surface area contributed by atoms with Crippen molar-refractivity contribution < 1.29 is 0 Å². The van der Waals surface area contributed by atoms with E-state index in [4.69, 9.17) is 5.41 Å². The normalized spacial score (nSPS) is 20.2. The molecule has 0 atom stereocenters. The standard InChI is InChI=1S/C9H17N3/c1-8(2)11-4-5-12(7-10)9(3)6-11/h7-8,10H,3-6H2,1-2H3. The van der Waals surface area contributed by atoms with Gasteiger partial charge in [-0.15, -0.1) is 0 Å². The van der Waals surface area contributed by atoms with E-state index in [-0.39, 0.29) is 0 Å². The first kappa shape index (κ1) is 9.26. The van der Waals surface area contributed by atoms with Crippen molar-refractivity contribution in [2.45, 2.75) is 19.9 Å². The van der Waals surface area contributed by atoms with E-state index in [9.17, 15) is 0 Å². The number of rotatable bonds is 2. The Morgan fingerprint density at radius 2 is 2.17 bits per heavy atom. The van der Waals surface area contributed by atoms with Crippen molar-refractivity contribution in [2.24, 2.45) is 0 Å². The van der Waals surface area contributed by atoms with Crippen LogP contribution in [0.1, 0.15) is 13.8 Å². The lowest BCUT2D eigenvalue weighted by Gasteiger charge is -2.37. The highest BCUT2D eigenvalue weighted by Gasteiger charge is 2.19. The number of hydrogen-bond donors (Lipinski definition) is 1. The lowest BCUT2D eigenvalue weighted by molar-refractivity contribution is 0.183. The fraction of sp³-hybridized carbons (Fsp3) is 0.667. The Morgan fingerprint density at radius 1 is 1.50 bits per heavy atom. The van der Waals surface area contributed by atoms with Gasteiger partial charge in [-0.05, 0) is 13.8 Å². The van der Waals surface area contributed by atoms with Crippen molar-refractivity contribution in [1.82, 2.24) is 9.80 Å². The molecule has 3 nitrogen and oxygen atoms in total. The van der Waals surface area contributed by atoms with Gasteiger partial charge >= 0.3 is 0 Å². The average molecular weight is 167 g/mol. The van der Waals surface area contributed by atoms with Crippen LogP contribution in [0.5, 0.6) is 0 Å². The molecule has 1 aliphatic heterocycles. The lowest BCUT2D eigenvalue weighted by atomic mass is 10.2. The van der Waals surface area contributed by atoms with Crippen LogP contribution in [-0.2, 0) is 0 Å². The molecule has 0 aliphatic carbocycles. The first-order valence-corrected chi connectivity index (χ1v) is 4.34. The Hall–Kier alpha value is -0.830. The summed E-state index contributed by atoms with van der Waals surface area (Å²) in [4.78, 5) is 4.27. The van der Waals surface area contributed by atoms with Crippen LogP contribution >= 0.6 is 0 Å². The van der Waals surface area contributed by atoms with Gasteiger partial charge in [-0.3, -0.25) is 10.3 Å². The SMILES string of the molecule is C=C1CN(C(C)C)CCN1C=N. The summed E-state index contributed by atoms with van der Waals surface area (Å²) in [6.07, 6.45) is 1.36. The molecule has 1 fully saturated rings. The summed E-state index contributed by atoms with van der Waals surface area (Å²) >= 11 is 0. The number of piperazine rings is 1. The molecule has 1 aliphatic rings. The van der Waals surface area contributed by atoms with Gasteiger partial charge in [-0.1, -0.05) is 6.58 Å². The van der Waals surface area contributed by atoms with E-state index in [1.165, 1.54) is 6.34 Å². The third-order valence-electron chi connectivity index (χ3n) is 2.31. The molecule has 12 heavy (non-hydrogen) atoms. The molecule has 1 N–H and O–H groups in total. The zero-order valence-corrected chi connectivity index (χ0v) is 7.88. The fourth-order valence-electron chi connectivity index (χ4n) is 1.40. The van der Waals surface area contributed by atoms with Crippen LogP contribution in [0.4, 0.5) is 0 Å². The number of nitrogens with one attached hydrogen (secondary N) is 1. The minimum absolute atomic E-state index is 0.578. The second-order valence-corrected chi connectivity index (χ2v) is 3.45. The van der Waals surface area contributed by atoms with Crippen molar-refractivity contribution in [3.8, 4) is 0 Å². The molecule has 3 heteroatoms. The highest BCUT2D eigenvalue weighted by molar-refractivity contribution is 5.54. The highest BCUT2D eigenvalue weighted by Crippen LogP contribution is 2.11. The Labute approximate surface area is 74.2 Å². The number of hydrogen-bond acceptors (Lipinski definition) is 2. The molecule has 0 spiro atoms. The predicted octanol–water partition coefficient (Wildman–Crippen LogP) is 1.13. The van der Waals surface area contributed by atoms with Crippen LogP contribution in [-0.4, -0.2) is 41.8 Å². The van der Waals surface area contributed by atoms with Gasteiger partial charge < -0.3 is 4.90 Å². The molecular formula is C9H17N3. The van der Waals surface area contributed by atoms with Gasteiger partial charge in [0.2, 0.25) is 0 Å². The Bertz CT molecular complexity index is 186. The zero-order valence-electron chi connectivity index (χ0n) is 7.88. The maximum absolute atomic E-state index is 7.12. The fourth-order valence-corrected chi connectivity index (χ4v) is 1.40. The van der Waals surface area contributed by atoms with Gasteiger partial charge in [0.05, 0.1) is 6.34 Å². The van der Waals surface area contributed by atoms with Crippen LogP contribution in [0.3, 0.4) is 0 Å². The van der Waals surface area contributed by atoms with E-state index < -0.39 is 0 Å². The molecule has 0 radical (unpaired) electrons. The van der Waals surface area contributed by atoms with E-state index >= 15 is 0 Å². The van der Waals surface area contributed by atoms with Crippen molar-refractivity contribution in [1.29, 1.82) is 5.41 Å². The van der Waals surface area contributed by atoms with E-state index in [1.54, 1.807) is 0 Å². The Kier molecular flexibility index (Phi) is 2.87. The van der Waals surface area contributed by atoms with Crippen LogP contribution in [0.15, 0.2) is 12.3 Å². The molecule has 0 aromatic carbocycles. The van der Waals surface area contributed by atoms with E-state index in [2.05, 4.69) is 25.3 Å².